The van der Waals surface area contributed by atoms with Gasteiger partial charge < -0.3 is 5.32 Å². The van der Waals surface area contributed by atoms with Crippen molar-refractivity contribution >= 4 is 17.7 Å². The van der Waals surface area contributed by atoms with Crippen LogP contribution in [0, 0.1) is 0 Å². The monoisotopic (exact) mass is 271 g/mol. The Morgan fingerprint density at radius 3 is 2.30 bits per heavy atom. The molecule has 2 unspecified atom stereocenters. The molecule has 1 aromatic rings. The number of amides is 3. The van der Waals surface area contributed by atoms with Crippen LogP contribution in [0.1, 0.15) is 20.7 Å². The van der Waals surface area contributed by atoms with Crippen molar-refractivity contribution in [2.24, 2.45) is 5.11 Å². The highest BCUT2D eigenvalue weighted by atomic mass is 16.2. The third kappa shape index (κ3) is 1.55. The number of hydrogen-bond acceptors (Lipinski definition) is 4. The molecule has 1 aromatic carbocycles. The van der Waals surface area contributed by atoms with Crippen LogP contribution in [-0.2, 0) is 4.79 Å². The fourth-order valence-corrected chi connectivity index (χ4v) is 2.46. The molecule has 2 aliphatic heterocycles. The number of carbonyl (C=O) groups excluding carboxylic acids is 3. The molecule has 8 nitrogen and oxygen atoms in total. The molecule has 3 rings (SSSR count). The highest BCUT2D eigenvalue weighted by molar-refractivity contribution is 6.23. The maximum absolute atomic E-state index is 12.2. The zero-order valence-electron chi connectivity index (χ0n) is 10.2. The number of benzene rings is 1. The molecule has 1 saturated heterocycles. The van der Waals surface area contributed by atoms with Crippen molar-refractivity contribution in [3.05, 3.63) is 45.8 Å². The first-order valence-corrected chi connectivity index (χ1v) is 5.93. The van der Waals surface area contributed by atoms with E-state index >= 15 is 0 Å². The van der Waals surface area contributed by atoms with Crippen LogP contribution in [-0.4, -0.2) is 41.2 Å². The summed E-state index contributed by atoms with van der Waals surface area (Å²) in [6, 6.07) is 4.98. The van der Waals surface area contributed by atoms with Crippen LogP contribution in [0.5, 0.6) is 0 Å². The zero-order valence-corrected chi connectivity index (χ0v) is 10.2. The highest BCUT2D eigenvalue weighted by Crippen LogP contribution is 2.28. The van der Waals surface area contributed by atoms with E-state index in [-0.39, 0.29) is 6.54 Å². The summed E-state index contributed by atoms with van der Waals surface area (Å²) < 4.78 is 0. The lowest BCUT2D eigenvalue weighted by atomic mass is 9.97. The molecular weight excluding hydrogens is 262 g/mol. The van der Waals surface area contributed by atoms with E-state index in [4.69, 9.17) is 5.53 Å². The number of β-lactam (4-membered cyclic amide) rings is 1. The second-order valence-electron chi connectivity index (χ2n) is 4.50. The van der Waals surface area contributed by atoms with E-state index in [2.05, 4.69) is 15.3 Å². The molecule has 20 heavy (non-hydrogen) atoms. The van der Waals surface area contributed by atoms with Gasteiger partial charge in [-0.15, -0.1) is 0 Å². The lowest BCUT2D eigenvalue weighted by Crippen LogP contribution is -2.71. The first-order valence-electron chi connectivity index (χ1n) is 5.93. The summed E-state index contributed by atoms with van der Waals surface area (Å²) in [7, 11) is 0. The van der Waals surface area contributed by atoms with E-state index in [1.165, 1.54) is 0 Å². The average molecular weight is 271 g/mol. The van der Waals surface area contributed by atoms with Crippen LogP contribution in [0.4, 0.5) is 0 Å². The number of nitrogens with one attached hydrogen (secondary N) is 1. The number of nitrogens with zero attached hydrogens (tertiary/aromatic N) is 4. The molecule has 2 aliphatic rings. The maximum Gasteiger partial charge on any atom is 0.262 e. The first kappa shape index (κ1) is 12.2. The minimum atomic E-state index is -0.909. The van der Waals surface area contributed by atoms with E-state index in [1.54, 1.807) is 24.3 Å². The largest absolute Gasteiger partial charge is 0.349 e. The summed E-state index contributed by atoms with van der Waals surface area (Å²) in [6.45, 7) is 0.000309. The number of fused-ring (bicyclic) bond motifs is 1. The summed E-state index contributed by atoms with van der Waals surface area (Å²) >= 11 is 0. The molecule has 0 radical (unpaired) electrons. The molecule has 3 amide bonds. The summed E-state index contributed by atoms with van der Waals surface area (Å²) in [5.41, 5.74) is 8.88. The molecule has 2 atom stereocenters. The molecule has 0 saturated carbocycles. The minimum Gasteiger partial charge on any atom is -0.349 e. The SMILES string of the molecule is [N-]=[N+]=NCC1NC(=O)C1N1C(=O)c2ccccc2C1=O. The third-order valence-electron chi connectivity index (χ3n) is 3.42. The van der Waals surface area contributed by atoms with Gasteiger partial charge in [0.15, 0.2) is 0 Å². The second kappa shape index (κ2) is 4.36. The van der Waals surface area contributed by atoms with Crippen LogP contribution in [0.3, 0.4) is 0 Å². The van der Waals surface area contributed by atoms with Crippen molar-refractivity contribution in [2.75, 3.05) is 6.54 Å². The Hall–Kier alpha value is -2.86. The second-order valence-corrected chi connectivity index (χ2v) is 4.50. The molecule has 8 heteroatoms. The van der Waals surface area contributed by atoms with Gasteiger partial charge in [0.1, 0.15) is 6.04 Å². The van der Waals surface area contributed by atoms with E-state index in [0.717, 1.165) is 4.90 Å². The Morgan fingerprint density at radius 2 is 1.80 bits per heavy atom. The van der Waals surface area contributed by atoms with Crippen LogP contribution >= 0.6 is 0 Å². The minimum absolute atomic E-state index is 0.000309. The van der Waals surface area contributed by atoms with Crippen LogP contribution in [0.25, 0.3) is 10.4 Å². The van der Waals surface area contributed by atoms with Gasteiger partial charge in [-0.1, -0.05) is 17.2 Å². The Morgan fingerprint density at radius 1 is 1.20 bits per heavy atom. The van der Waals surface area contributed by atoms with E-state index in [1.807, 2.05) is 0 Å². The van der Waals surface area contributed by atoms with Gasteiger partial charge in [-0.25, -0.2) is 0 Å². The molecule has 1 N–H and O–H groups in total. The van der Waals surface area contributed by atoms with Gasteiger partial charge in [-0.05, 0) is 17.7 Å². The summed E-state index contributed by atoms with van der Waals surface area (Å²) in [5.74, 6) is -1.40. The number of rotatable bonds is 3. The standard InChI is InChI=1S/C12H9N5O3/c13-16-14-5-8-9(10(18)15-8)17-11(19)6-3-1-2-4-7(6)12(17)20/h1-4,8-9H,5H2,(H,15,18). The Bertz CT molecular complexity index is 644. The average Bonchev–Trinajstić information content (AvgIpc) is 2.69. The normalized spacial score (nSPS) is 23.8. The van der Waals surface area contributed by atoms with Gasteiger partial charge in [-0.2, -0.15) is 0 Å². The first-order chi connectivity index (χ1) is 9.65. The highest BCUT2D eigenvalue weighted by Gasteiger charge is 2.51. The van der Waals surface area contributed by atoms with Crippen LogP contribution in [0.15, 0.2) is 29.4 Å². The molecule has 1 fully saturated rings. The summed E-state index contributed by atoms with van der Waals surface area (Å²) in [5, 5.41) is 5.89. The number of azide groups is 1. The van der Waals surface area contributed by atoms with Gasteiger partial charge in [0.2, 0.25) is 5.91 Å². The van der Waals surface area contributed by atoms with Gasteiger partial charge in [0, 0.05) is 11.5 Å². The maximum atomic E-state index is 12.2. The van der Waals surface area contributed by atoms with Crippen molar-refractivity contribution in [1.29, 1.82) is 0 Å². The molecule has 100 valence electrons. The third-order valence-corrected chi connectivity index (χ3v) is 3.42. The Balaban J connectivity index is 1.92. The van der Waals surface area contributed by atoms with Gasteiger partial charge >= 0.3 is 0 Å². The molecule has 0 bridgehead atoms. The van der Waals surface area contributed by atoms with Crippen molar-refractivity contribution in [2.45, 2.75) is 12.1 Å². The van der Waals surface area contributed by atoms with E-state index in [9.17, 15) is 14.4 Å². The van der Waals surface area contributed by atoms with Crippen LogP contribution in [0.2, 0.25) is 0 Å². The zero-order chi connectivity index (χ0) is 14.3. The molecule has 0 aromatic heterocycles. The molecule has 0 spiro atoms. The predicted octanol–water partition coefficient (Wildman–Crippen LogP) is 0.460. The van der Waals surface area contributed by atoms with Crippen molar-refractivity contribution in [1.82, 2.24) is 10.2 Å². The molecular formula is C12H9N5O3. The lowest BCUT2D eigenvalue weighted by Gasteiger charge is -2.40. The fraction of sp³-hybridized carbons (Fsp3) is 0.250. The van der Waals surface area contributed by atoms with Crippen molar-refractivity contribution < 1.29 is 14.4 Å². The Labute approximate surface area is 113 Å². The van der Waals surface area contributed by atoms with E-state index < -0.39 is 29.8 Å². The molecule has 2 heterocycles. The van der Waals surface area contributed by atoms with Crippen molar-refractivity contribution in [3.63, 3.8) is 0 Å². The smallest absolute Gasteiger partial charge is 0.262 e. The van der Waals surface area contributed by atoms with Crippen LogP contribution < -0.4 is 5.32 Å². The fourth-order valence-electron chi connectivity index (χ4n) is 2.46. The summed E-state index contributed by atoms with van der Waals surface area (Å²) in [4.78, 5) is 39.6. The van der Waals surface area contributed by atoms with Gasteiger partial charge in [-0.3, -0.25) is 19.3 Å². The van der Waals surface area contributed by atoms with Gasteiger partial charge in [0.05, 0.1) is 17.2 Å². The predicted molar refractivity (Wildman–Crippen MR) is 66.7 cm³/mol. The lowest BCUT2D eigenvalue weighted by molar-refractivity contribution is -0.134. The summed E-state index contributed by atoms with van der Waals surface area (Å²) in [6.07, 6.45) is 0. The van der Waals surface area contributed by atoms with Gasteiger partial charge in [0.25, 0.3) is 11.8 Å². The number of hydrogen-bond donors (Lipinski definition) is 1. The topological polar surface area (TPSA) is 115 Å². The number of carbonyl (C=O) groups is 3. The quantitative estimate of drug-likeness (QED) is 0.283. The van der Waals surface area contributed by atoms with E-state index in [0.29, 0.717) is 11.1 Å². The Kier molecular flexibility index (Phi) is 2.66. The number of imide groups is 1. The van der Waals surface area contributed by atoms with Crippen molar-refractivity contribution in [3.8, 4) is 0 Å². The molecule has 0 aliphatic carbocycles.